The third-order valence-electron chi connectivity index (χ3n) is 2.06. The van der Waals surface area contributed by atoms with E-state index in [1.807, 2.05) is 24.3 Å². The predicted molar refractivity (Wildman–Crippen MR) is 61.9 cm³/mol. The van der Waals surface area contributed by atoms with Crippen molar-refractivity contribution in [3.63, 3.8) is 0 Å². The predicted octanol–water partition coefficient (Wildman–Crippen LogP) is 1.04. The van der Waals surface area contributed by atoms with Crippen LogP contribution < -0.4 is 10.4 Å². The van der Waals surface area contributed by atoms with Crippen LogP contribution in [-0.2, 0) is 4.79 Å². The van der Waals surface area contributed by atoms with Crippen molar-refractivity contribution in [2.45, 2.75) is 16.6 Å². The Kier molecular flexibility index (Phi) is 2.93. The zero-order valence-electron chi connectivity index (χ0n) is 7.73. The SMILES string of the molecule is O=C([O-])C[C@H]1Sc2ccccc2NC1=S. The van der Waals surface area contributed by atoms with Gasteiger partial charge in [0.25, 0.3) is 0 Å². The Hall–Kier alpha value is -1.07. The lowest BCUT2D eigenvalue weighted by Gasteiger charge is -2.26. The van der Waals surface area contributed by atoms with Gasteiger partial charge >= 0.3 is 0 Å². The van der Waals surface area contributed by atoms with E-state index < -0.39 is 5.97 Å². The Morgan fingerprint density at radius 3 is 3.00 bits per heavy atom. The monoisotopic (exact) mass is 238 g/mol. The number of thioether (sulfide) groups is 1. The Bertz CT molecular complexity index is 420. The second kappa shape index (κ2) is 4.20. The summed E-state index contributed by atoms with van der Waals surface area (Å²) in [7, 11) is 0. The molecule has 1 aliphatic rings. The Labute approximate surface area is 96.9 Å². The molecule has 5 heteroatoms. The number of carboxylic acids is 1. The summed E-state index contributed by atoms with van der Waals surface area (Å²) in [5.74, 6) is -1.07. The molecule has 0 amide bonds. The van der Waals surface area contributed by atoms with E-state index in [9.17, 15) is 9.90 Å². The van der Waals surface area contributed by atoms with E-state index in [1.165, 1.54) is 11.8 Å². The van der Waals surface area contributed by atoms with E-state index in [0.717, 1.165) is 10.6 Å². The second-order valence-electron chi connectivity index (χ2n) is 3.17. The molecule has 78 valence electrons. The van der Waals surface area contributed by atoms with Crippen LogP contribution in [0, 0.1) is 0 Å². The van der Waals surface area contributed by atoms with Crippen LogP contribution in [0.5, 0.6) is 0 Å². The molecule has 1 aromatic rings. The summed E-state index contributed by atoms with van der Waals surface area (Å²) in [6.07, 6.45) is -0.0508. The summed E-state index contributed by atoms with van der Waals surface area (Å²) < 4.78 is 0. The van der Waals surface area contributed by atoms with Crippen molar-refractivity contribution in [2.75, 3.05) is 5.32 Å². The maximum Gasteiger partial charge on any atom is 0.0937 e. The number of carboxylic acid groups (broad SMARTS) is 1. The highest BCUT2D eigenvalue weighted by atomic mass is 32.2. The van der Waals surface area contributed by atoms with Crippen LogP contribution in [0.15, 0.2) is 29.2 Å². The largest absolute Gasteiger partial charge is 0.550 e. The van der Waals surface area contributed by atoms with Crippen LogP contribution >= 0.6 is 24.0 Å². The Morgan fingerprint density at radius 2 is 2.27 bits per heavy atom. The minimum atomic E-state index is -1.07. The van der Waals surface area contributed by atoms with Gasteiger partial charge in [0.1, 0.15) is 0 Å². The van der Waals surface area contributed by atoms with Crippen LogP contribution in [0.25, 0.3) is 0 Å². The number of fused-ring (bicyclic) bond motifs is 1. The smallest absolute Gasteiger partial charge is 0.0937 e. The summed E-state index contributed by atoms with van der Waals surface area (Å²) in [4.78, 5) is 12.1. The molecule has 1 N–H and O–H groups in total. The number of carbonyl (C=O) groups excluding carboxylic acids is 1. The number of aliphatic carboxylic acids is 1. The summed E-state index contributed by atoms with van der Waals surface area (Å²) in [6.45, 7) is 0. The number of carbonyl (C=O) groups is 1. The topological polar surface area (TPSA) is 52.2 Å². The van der Waals surface area contributed by atoms with E-state index in [4.69, 9.17) is 12.2 Å². The molecule has 1 atom stereocenters. The highest BCUT2D eigenvalue weighted by Crippen LogP contribution is 2.36. The summed E-state index contributed by atoms with van der Waals surface area (Å²) >= 11 is 6.57. The van der Waals surface area contributed by atoms with Crippen molar-refractivity contribution in [3.8, 4) is 0 Å². The molecule has 0 bridgehead atoms. The summed E-state index contributed by atoms with van der Waals surface area (Å²) in [5.41, 5.74) is 0.946. The molecule has 0 fully saturated rings. The molecule has 15 heavy (non-hydrogen) atoms. The number of hydrogen-bond acceptors (Lipinski definition) is 4. The van der Waals surface area contributed by atoms with Gasteiger partial charge in [0.2, 0.25) is 0 Å². The number of anilines is 1. The highest BCUT2D eigenvalue weighted by molar-refractivity contribution is 8.02. The molecule has 0 radical (unpaired) electrons. The van der Waals surface area contributed by atoms with Gasteiger partial charge in [-0.2, -0.15) is 0 Å². The molecule has 2 rings (SSSR count). The van der Waals surface area contributed by atoms with Crippen molar-refractivity contribution >= 4 is 40.6 Å². The molecule has 1 heterocycles. The molecule has 0 aliphatic carbocycles. The van der Waals surface area contributed by atoms with Crippen molar-refractivity contribution < 1.29 is 9.90 Å². The van der Waals surface area contributed by atoms with Gasteiger partial charge in [0.15, 0.2) is 0 Å². The number of nitrogens with one attached hydrogen (secondary N) is 1. The van der Waals surface area contributed by atoms with Crippen LogP contribution in [0.4, 0.5) is 5.69 Å². The van der Waals surface area contributed by atoms with Crippen molar-refractivity contribution in [2.24, 2.45) is 0 Å². The molecule has 1 aromatic carbocycles. The highest BCUT2D eigenvalue weighted by Gasteiger charge is 2.23. The standard InChI is InChI=1S/C10H9NO2S2/c12-9(13)5-8-10(14)11-6-3-1-2-4-7(6)15-8/h1-4,8H,5H2,(H,11,14)(H,12,13)/p-1/t8-/m1/s1. The lowest BCUT2D eigenvalue weighted by Crippen LogP contribution is -2.34. The maximum atomic E-state index is 10.5. The first-order valence-electron chi connectivity index (χ1n) is 4.43. The van der Waals surface area contributed by atoms with Gasteiger partial charge in [-0.1, -0.05) is 24.4 Å². The number of hydrogen-bond donors (Lipinski definition) is 1. The first-order valence-corrected chi connectivity index (χ1v) is 5.72. The zero-order chi connectivity index (χ0) is 10.8. The zero-order valence-corrected chi connectivity index (χ0v) is 9.36. The van der Waals surface area contributed by atoms with Crippen LogP contribution in [0.1, 0.15) is 6.42 Å². The quantitative estimate of drug-likeness (QED) is 0.780. The van der Waals surface area contributed by atoms with E-state index in [-0.39, 0.29) is 11.7 Å². The van der Waals surface area contributed by atoms with Crippen LogP contribution in [-0.4, -0.2) is 16.2 Å². The van der Waals surface area contributed by atoms with E-state index in [1.54, 1.807) is 0 Å². The third kappa shape index (κ3) is 2.30. The van der Waals surface area contributed by atoms with Gasteiger partial charge in [-0.05, 0) is 12.1 Å². The van der Waals surface area contributed by atoms with Gasteiger partial charge in [0, 0.05) is 17.3 Å². The lowest BCUT2D eigenvalue weighted by molar-refractivity contribution is -0.305. The maximum absolute atomic E-state index is 10.5. The molecule has 1 aliphatic heterocycles. The average Bonchev–Trinajstić information content (AvgIpc) is 2.18. The first-order chi connectivity index (χ1) is 7.16. The molecule has 0 aromatic heterocycles. The molecule has 0 saturated heterocycles. The average molecular weight is 238 g/mol. The molecular formula is C10H8NO2S2-. The second-order valence-corrected chi connectivity index (χ2v) is 4.85. The van der Waals surface area contributed by atoms with E-state index in [2.05, 4.69) is 5.32 Å². The fourth-order valence-corrected chi connectivity index (χ4v) is 2.81. The van der Waals surface area contributed by atoms with Crippen LogP contribution in [0.2, 0.25) is 0 Å². The van der Waals surface area contributed by atoms with Gasteiger partial charge in [-0.3, -0.25) is 0 Å². The molecule has 0 spiro atoms. The van der Waals surface area contributed by atoms with E-state index in [0.29, 0.717) is 4.99 Å². The van der Waals surface area contributed by atoms with Crippen molar-refractivity contribution in [1.29, 1.82) is 0 Å². The number of benzene rings is 1. The van der Waals surface area contributed by atoms with Crippen molar-refractivity contribution in [1.82, 2.24) is 0 Å². The molecule has 0 saturated carbocycles. The summed E-state index contributed by atoms with van der Waals surface area (Å²) in [6, 6.07) is 7.69. The molecule has 3 nitrogen and oxygen atoms in total. The minimum absolute atomic E-state index is 0.0508. The van der Waals surface area contributed by atoms with Gasteiger partial charge in [-0.15, -0.1) is 11.8 Å². The molecular weight excluding hydrogens is 230 g/mol. The number of rotatable bonds is 2. The normalized spacial score (nSPS) is 19.2. The molecule has 0 unspecified atom stereocenters. The first kappa shape index (κ1) is 10.4. The van der Waals surface area contributed by atoms with E-state index >= 15 is 0 Å². The fraction of sp³-hybridized carbons (Fsp3) is 0.200. The van der Waals surface area contributed by atoms with Crippen molar-refractivity contribution in [3.05, 3.63) is 24.3 Å². The lowest BCUT2D eigenvalue weighted by atomic mass is 10.2. The third-order valence-corrected chi connectivity index (χ3v) is 3.89. The van der Waals surface area contributed by atoms with Gasteiger partial charge in [0.05, 0.1) is 15.9 Å². The Balaban J connectivity index is 2.22. The number of thiocarbonyl (C=S) groups is 1. The van der Waals surface area contributed by atoms with Gasteiger partial charge < -0.3 is 15.2 Å². The fourth-order valence-electron chi connectivity index (χ4n) is 1.38. The summed E-state index contributed by atoms with van der Waals surface area (Å²) in [5, 5.41) is 13.3. The van der Waals surface area contributed by atoms with Gasteiger partial charge in [-0.25, -0.2) is 0 Å². The number of para-hydroxylation sites is 1. The Morgan fingerprint density at radius 1 is 1.53 bits per heavy atom. The van der Waals surface area contributed by atoms with Crippen LogP contribution in [0.3, 0.4) is 0 Å². The minimum Gasteiger partial charge on any atom is -0.550 e.